The van der Waals surface area contributed by atoms with Crippen LogP contribution in [0.5, 0.6) is 0 Å². The van der Waals surface area contributed by atoms with Gasteiger partial charge in [-0.2, -0.15) is 5.10 Å². The van der Waals surface area contributed by atoms with E-state index >= 15 is 0 Å². The van der Waals surface area contributed by atoms with Crippen molar-refractivity contribution < 1.29 is 13.9 Å². The Bertz CT molecular complexity index is 1110. The third kappa shape index (κ3) is 2.29. The van der Waals surface area contributed by atoms with Crippen molar-refractivity contribution >= 4 is 0 Å². The molecule has 0 saturated heterocycles. The van der Waals surface area contributed by atoms with Crippen molar-refractivity contribution in [1.29, 1.82) is 0 Å². The molecule has 148 valence electrons. The van der Waals surface area contributed by atoms with Crippen LogP contribution in [0.1, 0.15) is 55.1 Å². The molecular weight excluding hydrogens is 372 g/mol. The molecule has 1 saturated carbocycles. The second kappa shape index (κ2) is 6.13. The SMILES string of the molecule is CC1(C)[C@H]2CC[C@]1(c1cc(CO)ccn1)c1nnc(-c3c(F)cccc3F)cc12. The fourth-order valence-corrected chi connectivity index (χ4v) is 5.56. The molecule has 2 heterocycles. The van der Waals surface area contributed by atoms with Crippen molar-refractivity contribution in [2.45, 2.75) is 44.6 Å². The highest BCUT2D eigenvalue weighted by Crippen LogP contribution is 2.69. The molecule has 29 heavy (non-hydrogen) atoms. The number of aliphatic hydroxyl groups excluding tert-OH is 1. The van der Waals surface area contributed by atoms with E-state index in [2.05, 4.69) is 29.0 Å². The van der Waals surface area contributed by atoms with Crippen LogP contribution >= 0.6 is 0 Å². The van der Waals surface area contributed by atoms with E-state index in [0.717, 1.165) is 35.4 Å². The third-order valence-electron chi connectivity index (χ3n) is 7.05. The zero-order valence-corrected chi connectivity index (χ0v) is 16.3. The maximum atomic E-state index is 14.3. The lowest BCUT2D eigenvalue weighted by atomic mass is 9.66. The van der Waals surface area contributed by atoms with Gasteiger partial charge in [0.2, 0.25) is 0 Å². The lowest BCUT2D eigenvalue weighted by Crippen LogP contribution is -2.37. The van der Waals surface area contributed by atoms with Crippen LogP contribution < -0.4 is 0 Å². The maximum absolute atomic E-state index is 14.3. The summed E-state index contributed by atoms with van der Waals surface area (Å²) in [7, 11) is 0. The molecule has 2 aromatic heterocycles. The van der Waals surface area contributed by atoms with Crippen LogP contribution in [0.25, 0.3) is 11.3 Å². The van der Waals surface area contributed by atoms with Gasteiger partial charge in [0.25, 0.3) is 0 Å². The first-order valence-corrected chi connectivity index (χ1v) is 9.79. The first kappa shape index (κ1) is 18.3. The second-order valence-corrected chi connectivity index (χ2v) is 8.56. The summed E-state index contributed by atoms with van der Waals surface area (Å²) in [6, 6.07) is 9.34. The van der Waals surface area contributed by atoms with Gasteiger partial charge in [0.15, 0.2) is 0 Å². The molecule has 1 N–H and O–H groups in total. The maximum Gasteiger partial charge on any atom is 0.135 e. The predicted molar refractivity (Wildman–Crippen MR) is 104 cm³/mol. The van der Waals surface area contributed by atoms with Crippen LogP contribution in [0, 0.1) is 17.0 Å². The van der Waals surface area contributed by atoms with E-state index in [9.17, 15) is 13.9 Å². The molecule has 2 atom stereocenters. The average molecular weight is 393 g/mol. The molecule has 0 radical (unpaired) electrons. The number of hydrogen-bond donors (Lipinski definition) is 1. The lowest BCUT2D eigenvalue weighted by Gasteiger charge is -2.37. The summed E-state index contributed by atoms with van der Waals surface area (Å²) in [6.45, 7) is 4.34. The van der Waals surface area contributed by atoms with Gasteiger partial charge in [-0.15, -0.1) is 5.10 Å². The Balaban J connectivity index is 1.72. The van der Waals surface area contributed by atoms with E-state index in [4.69, 9.17) is 0 Å². The summed E-state index contributed by atoms with van der Waals surface area (Å²) in [4.78, 5) is 4.64. The lowest BCUT2D eigenvalue weighted by molar-refractivity contribution is 0.241. The summed E-state index contributed by atoms with van der Waals surface area (Å²) >= 11 is 0. The molecule has 4 nitrogen and oxygen atoms in total. The fourth-order valence-electron chi connectivity index (χ4n) is 5.56. The van der Waals surface area contributed by atoms with Crippen molar-refractivity contribution in [2.75, 3.05) is 0 Å². The van der Waals surface area contributed by atoms with E-state index < -0.39 is 17.0 Å². The normalized spacial score (nSPS) is 24.0. The Hall–Kier alpha value is -2.73. The molecular formula is C23H21F2N3O. The molecule has 1 fully saturated rings. The summed E-state index contributed by atoms with van der Waals surface area (Å²) in [5.74, 6) is -1.09. The Morgan fingerprint density at radius 2 is 1.86 bits per heavy atom. The van der Waals surface area contributed by atoms with E-state index in [1.54, 1.807) is 18.3 Å². The Morgan fingerprint density at radius 3 is 2.59 bits per heavy atom. The summed E-state index contributed by atoms with van der Waals surface area (Å²) in [5.41, 5.74) is 2.96. The number of aromatic nitrogens is 3. The molecule has 1 aromatic carbocycles. The van der Waals surface area contributed by atoms with Gasteiger partial charge < -0.3 is 5.11 Å². The summed E-state index contributed by atoms with van der Waals surface area (Å²) in [6.07, 6.45) is 3.53. The quantitative estimate of drug-likeness (QED) is 0.711. The van der Waals surface area contributed by atoms with Crippen molar-refractivity contribution in [3.63, 3.8) is 0 Å². The highest BCUT2D eigenvalue weighted by molar-refractivity contribution is 5.64. The first-order valence-electron chi connectivity index (χ1n) is 9.79. The molecule has 5 rings (SSSR count). The van der Waals surface area contributed by atoms with E-state index in [1.807, 2.05) is 6.07 Å². The molecule has 0 aliphatic heterocycles. The van der Waals surface area contributed by atoms with Gasteiger partial charge in [-0.05, 0) is 65.6 Å². The number of hydrogen-bond acceptors (Lipinski definition) is 4. The first-order chi connectivity index (χ1) is 13.9. The van der Waals surface area contributed by atoms with E-state index in [-0.39, 0.29) is 29.2 Å². The van der Waals surface area contributed by atoms with Crippen molar-refractivity contribution in [3.8, 4) is 11.3 Å². The zero-order valence-electron chi connectivity index (χ0n) is 16.3. The molecule has 0 spiro atoms. The molecule has 2 bridgehead atoms. The van der Waals surface area contributed by atoms with Crippen molar-refractivity contribution in [3.05, 3.63) is 76.7 Å². The number of rotatable bonds is 3. The van der Waals surface area contributed by atoms with Crippen LogP contribution in [0.2, 0.25) is 0 Å². The third-order valence-corrected chi connectivity index (χ3v) is 7.05. The number of aliphatic hydroxyl groups is 1. The van der Waals surface area contributed by atoms with Gasteiger partial charge in [0.1, 0.15) is 11.6 Å². The molecule has 2 aliphatic carbocycles. The molecule has 3 aromatic rings. The molecule has 0 unspecified atom stereocenters. The Labute approximate surface area is 167 Å². The van der Waals surface area contributed by atoms with Gasteiger partial charge in [0.05, 0.1) is 34.7 Å². The zero-order chi connectivity index (χ0) is 20.4. The van der Waals surface area contributed by atoms with Crippen LogP contribution in [0.15, 0.2) is 42.6 Å². The molecule has 2 aliphatic rings. The summed E-state index contributed by atoms with van der Waals surface area (Å²) in [5, 5.41) is 18.3. The minimum absolute atomic E-state index is 0.0561. The van der Waals surface area contributed by atoms with Gasteiger partial charge in [-0.25, -0.2) is 8.78 Å². The topological polar surface area (TPSA) is 58.9 Å². The number of pyridine rings is 1. The summed E-state index contributed by atoms with van der Waals surface area (Å²) < 4.78 is 28.6. The number of fused-ring (bicyclic) bond motifs is 5. The number of halogens is 2. The Kier molecular flexibility index (Phi) is 3.87. The van der Waals surface area contributed by atoms with Gasteiger partial charge in [-0.3, -0.25) is 4.98 Å². The van der Waals surface area contributed by atoms with E-state index in [1.165, 1.54) is 18.2 Å². The van der Waals surface area contributed by atoms with Gasteiger partial charge in [0, 0.05) is 6.20 Å². The van der Waals surface area contributed by atoms with Crippen LogP contribution in [-0.2, 0) is 12.0 Å². The van der Waals surface area contributed by atoms with Crippen LogP contribution in [-0.4, -0.2) is 20.3 Å². The number of benzene rings is 1. The van der Waals surface area contributed by atoms with Gasteiger partial charge in [-0.1, -0.05) is 19.9 Å². The number of nitrogens with zero attached hydrogens (tertiary/aromatic N) is 3. The second-order valence-electron chi connectivity index (χ2n) is 8.56. The standard InChI is InChI=1S/C23H21F2N3O/c1-22(2)15-6-8-23(22,19-10-13(12-29)7-9-26-19)21-14(15)11-18(27-28-21)20-16(24)4-3-5-17(20)25/h3-5,7,9-11,15,29H,6,8,12H2,1-2H3/t15-,23-/m0/s1. The molecule has 0 amide bonds. The minimum atomic E-state index is -0.645. The molecule has 6 heteroatoms. The monoisotopic (exact) mass is 393 g/mol. The van der Waals surface area contributed by atoms with Crippen molar-refractivity contribution in [1.82, 2.24) is 15.2 Å². The predicted octanol–water partition coefficient (Wildman–Crippen LogP) is 4.51. The van der Waals surface area contributed by atoms with Crippen LogP contribution in [0.3, 0.4) is 0 Å². The van der Waals surface area contributed by atoms with Gasteiger partial charge >= 0.3 is 0 Å². The fraction of sp³-hybridized carbons (Fsp3) is 0.348. The average Bonchev–Trinajstić information content (AvgIpc) is 3.09. The minimum Gasteiger partial charge on any atom is -0.392 e. The van der Waals surface area contributed by atoms with E-state index in [0.29, 0.717) is 0 Å². The smallest absolute Gasteiger partial charge is 0.135 e. The highest BCUT2D eigenvalue weighted by Gasteiger charge is 2.65. The van der Waals surface area contributed by atoms with Crippen LogP contribution in [0.4, 0.5) is 8.78 Å². The largest absolute Gasteiger partial charge is 0.392 e. The Morgan fingerprint density at radius 1 is 1.10 bits per heavy atom. The van der Waals surface area contributed by atoms with Crippen molar-refractivity contribution in [2.24, 2.45) is 5.41 Å². The highest BCUT2D eigenvalue weighted by atomic mass is 19.1.